The third kappa shape index (κ3) is 4.76. The van der Waals surface area contributed by atoms with Crippen LogP contribution in [0.5, 0.6) is 0 Å². The van der Waals surface area contributed by atoms with Crippen LogP contribution in [0, 0.1) is 0 Å². The van der Waals surface area contributed by atoms with Crippen LogP contribution in [0.2, 0.25) is 0 Å². The van der Waals surface area contributed by atoms with E-state index in [9.17, 15) is 14.4 Å². The molecule has 2 aromatic heterocycles. The number of anilines is 3. The second kappa shape index (κ2) is 9.56. The fraction of sp³-hybridized carbons (Fsp3) is 0.120. The molecule has 5 rings (SSSR count). The molecular formula is C25H21N7O3. The summed E-state index contributed by atoms with van der Waals surface area (Å²) < 4.78 is 1.62. The number of nitrogens with zero attached hydrogens (tertiary/aromatic N) is 5. The van der Waals surface area contributed by atoms with Crippen LogP contribution >= 0.6 is 0 Å². The molecule has 0 radical (unpaired) electrons. The lowest BCUT2D eigenvalue weighted by molar-refractivity contribution is -0.116. The Bertz CT molecular complexity index is 1330. The van der Waals surface area contributed by atoms with Gasteiger partial charge in [-0.3, -0.25) is 19.3 Å². The van der Waals surface area contributed by atoms with Gasteiger partial charge in [-0.2, -0.15) is 5.10 Å². The van der Waals surface area contributed by atoms with E-state index in [1.54, 1.807) is 65.6 Å². The largest absolute Gasteiger partial charge is 0.339 e. The number of aromatic nitrogens is 4. The first-order chi connectivity index (χ1) is 17.1. The number of benzene rings is 2. The zero-order chi connectivity index (χ0) is 24.2. The molecule has 0 atom stereocenters. The van der Waals surface area contributed by atoms with Gasteiger partial charge in [0.1, 0.15) is 0 Å². The number of carbonyl (C=O) groups is 3. The lowest BCUT2D eigenvalue weighted by Gasteiger charge is -2.13. The summed E-state index contributed by atoms with van der Waals surface area (Å²) in [6.45, 7) is 0.197. The zero-order valence-electron chi connectivity index (χ0n) is 18.6. The minimum atomic E-state index is -0.310. The number of imide groups is 1. The fourth-order valence-electron chi connectivity index (χ4n) is 3.77. The lowest BCUT2D eigenvalue weighted by atomic mass is 10.1. The molecule has 2 aromatic carbocycles. The van der Waals surface area contributed by atoms with Crippen molar-refractivity contribution in [1.29, 1.82) is 0 Å². The van der Waals surface area contributed by atoms with Gasteiger partial charge in [-0.1, -0.05) is 12.1 Å². The van der Waals surface area contributed by atoms with Gasteiger partial charge in [0.15, 0.2) is 11.6 Å². The third-order valence-corrected chi connectivity index (χ3v) is 5.49. The predicted molar refractivity (Wildman–Crippen MR) is 129 cm³/mol. The number of nitrogens with one attached hydrogen (secondary N) is 2. The number of hydrogen-bond acceptors (Lipinski definition) is 7. The number of carbonyl (C=O) groups excluding carboxylic acids is 3. The number of rotatable bonds is 8. The average molecular weight is 467 g/mol. The van der Waals surface area contributed by atoms with Gasteiger partial charge < -0.3 is 10.6 Å². The van der Waals surface area contributed by atoms with Crippen molar-refractivity contribution >= 4 is 34.9 Å². The van der Waals surface area contributed by atoms with E-state index >= 15 is 0 Å². The van der Waals surface area contributed by atoms with E-state index in [2.05, 4.69) is 25.9 Å². The maximum atomic E-state index is 12.4. The molecule has 3 amide bonds. The van der Waals surface area contributed by atoms with Crippen molar-refractivity contribution < 1.29 is 14.4 Å². The van der Waals surface area contributed by atoms with Crippen LogP contribution in [0.1, 0.15) is 33.6 Å². The second-order valence-electron chi connectivity index (χ2n) is 7.89. The van der Waals surface area contributed by atoms with Crippen LogP contribution in [0.3, 0.4) is 0 Å². The zero-order valence-corrected chi connectivity index (χ0v) is 18.6. The summed E-state index contributed by atoms with van der Waals surface area (Å²) in [7, 11) is 0. The Morgan fingerprint density at radius 2 is 1.54 bits per heavy atom. The first kappa shape index (κ1) is 22.0. The highest BCUT2D eigenvalue weighted by Gasteiger charge is 2.34. The van der Waals surface area contributed by atoms with Crippen molar-refractivity contribution in [1.82, 2.24) is 24.9 Å². The summed E-state index contributed by atoms with van der Waals surface area (Å²) in [5.41, 5.74) is 2.25. The summed E-state index contributed by atoms with van der Waals surface area (Å²) in [4.78, 5) is 38.3. The molecule has 10 nitrogen and oxygen atoms in total. The molecule has 0 aliphatic carbocycles. The Labute approximate surface area is 200 Å². The van der Waals surface area contributed by atoms with Gasteiger partial charge in [-0.25, -0.2) is 4.68 Å². The molecule has 0 unspecified atom stereocenters. The Kier molecular flexibility index (Phi) is 6.00. The van der Waals surface area contributed by atoms with Gasteiger partial charge in [0.05, 0.1) is 11.1 Å². The van der Waals surface area contributed by atoms with Gasteiger partial charge in [0.2, 0.25) is 5.91 Å². The average Bonchev–Trinajstić information content (AvgIpc) is 3.50. The fourth-order valence-corrected chi connectivity index (χ4v) is 3.77. The third-order valence-electron chi connectivity index (χ3n) is 5.49. The smallest absolute Gasteiger partial charge is 0.261 e. The van der Waals surface area contributed by atoms with Crippen LogP contribution in [-0.2, 0) is 4.79 Å². The Morgan fingerprint density at radius 1 is 0.829 bits per heavy atom. The molecule has 10 heteroatoms. The second-order valence-corrected chi connectivity index (χ2v) is 7.89. The maximum absolute atomic E-state index is 12.4. The van der Waals surface area contributed by atoms with E-state index in [1.165, 1.54) is 4.90 Å². The number of fused-ring (bicyclic) bond motifs is 1. The molecule has 0 spiro atoms. The molecule has 3 heterocycles. The van der Waals surface area contributed by atoms with Crippen LogP contribution in [0.4, 0.5) is 17.2 Å². The molecule has 0 bridgehead atoms. The summed E-state index contributed by atoms with van der Waals surface area (Å²) in [5, 5.41) is 18.4. The molecule has 1 aliphatic heterocycles. The molecule has 35 heavy (non-hydrogen) atoms. The summed E-state index contributed by atoms with van der Waals surface area (Å²) in [6.07, 6.45) is 4.02. The van der Waals surface area contributed by atoms with Crippen molar-refractivity contribution in [3.8, 4) is 5.82 Å². The lowest BCUT2D eigenvalue weighted by Crippen LogP contribution is -2.31. The van der Waals surface area contributed by atoms with E-state index in [0.29, 0.717) is 34.9 Å². The molecule has 0 fully saturated rings. The minimum absolute atomic E-state index is 0.186. The van der Waals surface area contributed by atoms with Gasteiger partial charge in [-0.15, -0.1) is 10.2 Å². The Hall–Kier alpha value is -4.86. The van der Waals surface area contributed by atoms with Crippen LogP contribution in [0.15, 0.2) is 79.1 Å². The standard InChI is InChI=1S/C25H21N7O3/c33-23(7-3-15-31-24(34)19-5-1-2-6-20(19)25(31)35)28-18-10-8-17(9-11-18)27-21-12-13-22(30-29-21)32-16-4-14-26-32/h1-2,4-6,8-14,16H,3,7,15H2,(H,27,29)(H,28,33). The normalized spacial score (nSPS) is 12.5. The van der Waals surface area contributed by atoms with Gasteiger partial charge in [-0.05, 0) is 61.0 Å². The highest BCUT2D eigenvalue weighted by Crippen LogP contribution is 2.23. The number of amides is 3. The van der Waals surface area contributed by atoms with Crippen LogP contribution < -0.4 is 10.6 Å². The van der Waals surface area contributed by atoms with Gasteiger partial charge in [0.25, 0.3) is 11.8 Å². The molecule has 0 saturated carbocycles. The van der Waals surface area contributed by atoms with Gasteiger partial charge >= 0.3 is 0 Å². The molecule has 2 N–H and O–H groups in total. The van der Waals surface area contributed by atoms with Crippen LogP contribution in [-0.4, -0.2) is 49.1 Å². The molecule has 0 saturated heterocycles. The van der Waals surface area contributed by atoms with E-state index in [4.69, 9.17) is 0 Å². The predicted octanol–water partition coefficient (Wildman–Crippen LogP) is 3.42. The summed E-state index contributed by atoms with van der Waals surface area (Å²) >= 11 is 0. The van der Waals surface area contributed by atoms with Gasteiger partial charge in [0, 0.05) is 36.7 Å². The first-order valence-corrected chi connectivity index (χ1v) is 11.0. The van der Waals surface area contributed by atoms with Crippen molar-refractivity contribution in [3.63, 3.8) is 0 Å². The highest BCUT2D eigenvalue weighted by atomic mass is 16.2. The first-order valence-electron chi connectivity index (χ1n) is 11.0. The molecular weight excluding hydrogens is 446 g/mol. The van der Waals surface area contributed by atoms with Crippen molar-refractivity contribution in [2.45, 2.75) is 12.8 Å². The van der Waals surface area contributed by atoms with Crippen molar-refractivity contribution in [2.75, 3.05) is 17.2 Å². The Morgan fingerprint density at radius 3 is 2.17 bits per heavy atom. The van der Waals surface area contributed by atoms with Crippen molar-refractivity contribution in [2.24, 2.45) is 0 Å². The highest BCUT2D eigenvalue weighted by molar-refractivity contribution is 6.21. The van der Waals surface area contributed by atoms with E-state index in [0.717, 1.165) is 5.69 Å². The van der Waals surface area contributed by atoms with E-state index in [1.807, 2.05) is 18.2 Å². The SMILES string of the molecule is O=C(CCCN1C(=O)c2ccccc2C1=O)Nc1ccc(Nc2ccc(-n3cccn3)nn2)cc1. The maximum Gasteiger partial charge on any atom is 0.261 e. The minimum Gasteiger partial charge on any atom is -0.339 e. The van der Waals surface area contributed by atoms with Crippen LogP contribution in [0.25, 0.3) is 5.82 Å². The molecule has 4 aromatic rings. The summed E-state index contributed by atoms with van der Waals surface area (Å²) in [5.74, 6) is 0.375. The quantitative estimate of drug-likeness (QED) is 0.381. The number of hydrogen-bond donors (Lipinski definition) is 2. The summed E-state index contributed by atoms with van der Waals surface area (Å²) in [6, 6.07) is 19.3. The van der Waals surface area contributed by atoms with Crippen molar-refractivity contribution in [3.05, 3.63) is 90.3 Å². The molecule has 1 aliphatic rings. The monoisotopic (exact) mass is 467 g/mol. The molecule has 174 valence electrons. The Balaban J connectivity index is 1.09. The van der Waals surface area contributed by atoms with E-state index < -0.39 is 0 Å². The van der Waals surface area contributed by atoms with E-state index in [-0.39, 0.29) is 30.7 Å². The topological polar surface area (TPSA) is 122 Å².